The maximum absolute atomic E-state index is 12.1. The summed E-state index contributed by atoms with van der Waals surface area (Å²) in [5.74, 6) is -1.21. The van der Waals surface area contributed by atoms with Gasteiger partial charge in [0.1, 0.15) is 12.3 Å². The predicted octanol–water partition coefficient (Wildman–Crippen LogP) is -0.430. The molecule has 2 rings (SSSR count). The Hall–Kier alpha value is -1.72. The van der Waals surface area contributed by atoms with E-state index in [1.165, 1.54) is 4.90 Å². The highest BCUT2D eigenvalue weighted by atomic mass is 16.2. The zero-order valence-electron chi connectivity index (χ0n) is 10.5. The second kappa shape index (κ2) is 4.51. The third-order valence-electron chi connectivity index (χ3n) is 3.66. The number of hydrogen-bond donors (Lipinski definition) is 0. The first-order valence-corrected chi connectivity index (χ1v) is 6.07. The summed E-state index contributed by atoms with van der Waals surface area (Å²) in [6.45, 7) is 3.52. The van der Waals surface area contributed by atoms with Crippen LogP contribution in [-0.4, -0.2) is 52.4 Å². The van der Waals surface area contributed by atoms with Gasteiger partial charge in [0.2, 0.25) is 17.7 Å². The van der Waals surface area contributed by atoms with Crippen molar-refractivity contribution in [3.8, 4) is 0 Å². The molecule has 3 unspecified atom stereocenters. The molecule has 2 aliphatic rings. The number of amides is 3. The van der Waals surface area contributed by atoms with Crippen molar-refractivity contribution >= 4 is 24.0 Å². The van der Waals surface area contributed by atoms with Crippen LogP contribution >= 0.6 is 0 Å². The van der Waals surface area contributed by atoms with E-state index < -0.39 is 6.04 Å². The van der Waals surface area contributed by atoms with Gasteiger partial charge in [-0.15, -0.1) is 0 Å². The van der Waals surface area contributed by atoms with Crippen LogP contribution in [0.2, 0.25) is 0 Å². The molecule has 0 aromatic carbocycles. The number of likely N-dealkylation sites (tertiary alicyclic amines) is 2. The summed E-state index contributed by atoms with van der Waals surface area (Å²) in [6.07, 6.45) is 1.24. The number of carbonyl (C=O) groups excluding carboxylic acids is 4. The molecule has 0 spiro atoms. The Morgan fingerprint density at radius 3 is 2.39 bits per heavy atom. The predicted molar refractivity (Wildman–Crippen MR) is 61.3 cm³/mol. The highest BCUT2D eigenvalue weighted by molar-refractivity contribution is 6.07. The van der Waals surface area contributed by atoms with Gasteiger partial charge >= 0.3 is 0 Å². The number of carbonyl (C=O) groups is 4. The first-order chi connectivity index (χ1) is 8.47. The largest absolute Gasteiger partial charge is 0.331 e. The topological polar surface area (TPSA) is 74.8 Å². The van der Waals surface area contributed by atoms with Crippen molar-refractivity contribution in [1.29, 1.82) is 0 Å². The molecule has 2 aliphatic heterocycles. The van der Waals surface area contributed by atoms with Crippen molar-refractivity contribution in [3.05, 3.63) is 0 Å². The molecule has 18 heavy (non-hydrogen) atoms. The van der Waals surface area contributed by atoms with Crippen LogP contribution in [-0.2, 0) is 19.2 Å². The van der Waals surface area contributed by atoms with E-state index in [4.69, 9.17) is 0 Å². The zero-order chi connectivity index (χ0) is 13.4. The van der Waals surface area contributed by atoms with Crippen molar-refractivity contribution in [2.45, 2.75) is 38.8 Å². The molecule has 0 radical (unpaired) electrons. The summed E-state index contributed by atoms with van der Waals surface area (Å²) < 4.78 is 0. The summed E-state index contributed by atoms with van der Waals surface area (Å²) >= 11 is 0. The van der Waals surface area contributed by atoms with Crippen molar-refractivity contribution in [2.75, 3.05) is 6.54 Å². The molecule has 0 aromatic heterocycles. The van der Waals surface area contributed by atoms with E-state index in [1.54, 1.807) is 6.92 Å². The highest BCUT2D eigenvalue weighted by Gasteiger charge is 2.48. The first-order valence-electron chi connectivity index (χ1n) is 6.07. The van der Waals surface area contributed by atoms with Gasteiger partial charge in [-0.05, 0) is 13.3 Å². The average molecular weight is 252 g/mol. The lowest BCUT2D eigenvalue weighted by Crippen LogP contribution is -2.45. The average Bonchev–Trinajstić information content (AvgIpc) is 2.71. The lowest BCUT2D eigenvalue weighted by Gasteiger charge is -2.21. The van der Waals surface area contributed by atoms with Crippen molar-refractivity contribution in [1.82, 2.24) is 9.80 Å². The van der Waals surface area contributed by atoms with Gasteiger partial charge < -0.3 is 9.69 Å². The van der Waals surface area contributed by atoms with Gasteiger partial charge in [0, 0.05) is 18.4 Å². The molecule has 2 saturated heterocycles. The quantitative estimate of drug-likeness (QED) is 0.504. The Labute approximate surface area is 105 Å². The second-order valence-corrected chi connectivity index (χ2v) is 4.96. The molecule has 0 saturated carbocycles. The smallest absolute Gasteiger partial charge is 0.246 e. The van der Waals surface area contributed by atoms with Crippen LogP contribution in [0.4, 0.5) is 0 Å². The van der Waals surface area contributed by atoms with Crippen LogP contribution in [0.25, 0.3) is 0 Å². The van der Waals surface area contributed by atoms with Gasteiger partial charge in [0.15, 0.2) is 0 Å². The van der Waals surface area contributed by atoms with E-state index in [0.717, 1.165) is 4.90 Å². The Morgan fingerprint density at radius 1 is 1.22 bits per heavy atom. The van der Waals surface area contributed by atoms with Gasteiger partial charge in [-0.3, -0.25) is 19.3 Å². The summed E-state index contributed by atoms with van der Waals surface area (Å²) in [6, 6.07) is -0.839. The molecular formula is C12H16N2O4. The zero-order valence-corrected chi connectivity index (χ0v) is 10.5. The Bertz CT molecular complexity index is 420. The summed E-state index contributed by atoms with van der Waals surface area (Å²) in [4.78, 5) is 48.8. The monoisotopic (exact) mass is 252 g/mol. The lowest BCUT2D eigenvalue weighted by molar-refractivity contribution is -0.148. The van der Waals surface area contributed by atoms with Crippen LogP contribution in [0.5, 0.6) is 0 Å². The van der Waals surface area contributed by atoms with E-state index in [1.807, 2.05) is 6.92 Å². The van der Waals surface area contributed by atoms with E-state index in [2.05, 4.69) is 0 Å². The van der Waals surface area contributed by atoms with E-state index >= 15 is 0 Å². The molecule has 98 valence electrons. The molecule has 0 N–H and O–H groups in total. The molecule has 6 nitrogen and oxygen atoms in total. The molecule has 6 heteroatoms. The van der Waals surface area contributed by atoms with Crippen LogP contribution in [0.1, 0.15) is 26.7 Å². The van der Waals surface area contributed by atoms with Crippen molar-refractivity contribution in [3.63, 3.8) is 0 Å². The molecule has 2 heterocycles. The number of imide groups is 1. The third-order valence-corrected chi connectivity index (χ3v) is 3.66. The third kappa shape index (κ3) is 1.81. The molecule has 0 bridgehead atoms. The van der Waals surface area contributed by atoms with E-state index in [-0.39, 0.29) is 42.6 Å². The summed E-state index contributed by atoms with van der Waals surface area (Å²) in [5, 5.41) is 0. The SMILES string of the molecule is CC1CC(=O)N(C2CC(C)N(CC=O)C2=O)C1=O. The minimum absolute atomic E-state index is 0.0161. The first kappa shape index (κ1) is 12.7. The van der Waals surface area contributed by atoms with Gasteiger partial charge in [-0.2, -0.15) is 0 Å². The Balaban J connectivity index is 2.20. The molecule has 3 amide bonds. The number of aldehydes is 1. The Morgan fingerprint density at radius 2 is 1.89 bits per heavy atom. The van der Waals surface area contributed by atoms with Gasteiger partial charge in [0.25, 0.3) is 0 Å². The number of hydrogen-bond acceptors (Lipinski definition) is 4. The minimum Gasteiger partial charge on any atom is -0.331 e. The van der Waals surface area contributed by atoms with Crippen LogP contribution in [0.3, 0.4) is 0 Å². The molecule has 0 aromatic rings. The summed E-state index contributed by atoms with van der Waals surface area (Å²) in [5.41, 5.74) is 0. The van der Waals surface area contributed by atoms with Gasteiger partial charge in [0.05, 0.1) is 6.54 Å². The molecule has 0 aliphatic carbocycles. The fourth-order valence-electron chi connectivity index (χ4n) is 2.66. The fraction of sp³-hybridized carbons (Fsp3) is 0.667. The highest BCUT2D eigenvalue weighted by Crippen LogP contribution is 2.29. The van der Waals surface area contributed by atoms with Crippen molar-refractivity contribution < 1.29 is 19.2 Å². The molecular weight excluding hydrogens is 236 g/mol. The van der Waals surface area contributed by atoms with E-state index in [9.17, 15) is 19.2 Å². The van der Waals surface area contributed by atoms with Crippen LogP contribution < -0.4 is 0 Å². The maximum Gasteiger partial charge on any atom is 0.246 e. The van der Waals surface area contributed by atoms with Gasteiger partial charge in [-0.1, -0.05) is 6.92 Å². The van der Waals surface area contributed by atoms with Crippen LogP contribution in [0.15, 0.2) is 0 Å². The minimum atomic E-state index is -0.718. The van der Waals surface area contributed by atoms with E-state index in [0.29, 0.717) is 12.7 Å². The van der Waals surface area contributed by atoms with Crippen molar-refractivity contribution in [2.24, 2.45) is 5.92 Å². The lowest BCUT2D eigenvalue weighted by atomic mass is 10.1. The second-order valence-electron chi connectivity index (χ2n) is 4.96. The summed E-state index contributed by atoms with van der Waals surface area (Å²) in [7, 11) is 0. The Kier molecular flexibility index (Phi) is 3.19. The normalized spacial score (nSPS) is 32.6. The fourth-order valence-corrected chi connectivity index (χ4v) is 2.66. The molecule has 3 atom stereocenters. The molecule has 2 fully saturated rings. The standard InChI is InChI=1S/C12H16N2O4/c1-7-5-10(16)14(11(7)17)9-6-8(2)13(3-4-15)12(9)18/h4,7-9H,3,5-6H2,1-2H3. The maximum atomic E-state index is 12.1. The number of nitrogens with zero attached hydrogens (tertiary/aromatic N) is 2. The van der Waals surface area contributed by atoms with Gasteiger partial charge in [-0.25, -0.2) is 0 Å². The number of rotatable bonds is 3. The van der Waals surface area contributed by atoms with Crippen LogP contribution in [0, 0.1) is 5.92 Å².